The van der Waals surface area contributed by atoms with Crippen LogP contribution >= 0.6 is 0 Å². The summed E-state index contributed by atoms with van der Waals surface area (Å²) >= 11 is 0. The van der Waals surface area contributed by atoms with Crippen LogP contribution in [0.3, 0.4) is 0 Å². The highest BCUT2D eigenvalue weighted by atomic mass is 16.6. The summed E-state index contributed by atoms with van der Waals surface area (Å²) in [5.74, 6) is 0.992. The molecule has 1 N–H and O–H groups in total. The molecule has 25 heavy (non-hydrogen) atoms. The molecular formula is C21H32O4. The number of hydrogen-bond acceptors (Lipinski definition) is 4. The van der Waals surface area contributed by atoms with Gasteiger partial charge in [-0.05, 0) is 81.0 Å². The molecule has 0 radical (unpaired) electrons. The Morgan fingerprint density at radius 1 is 1.08 bits per heavy atom. The van der Waals surface area contributed by atoms with Crippen molar-refractivity contribution in [2.75, 3.05) is 13.7 Å². The van der Waals surface area contributed by atoms with E-state index < -0.39 is 5.60 Å². The molecule has 4 nitrogen and oxygen atoms in total. The number of rotatable bonds is 1. The molecule has 2 spiro atoms. The summed E-state index contributed by atoms with van der Waals surface area (Å²) in [4.78, 5) is 12.7. The first-order valence-corrected chi connectivity index (χ1v) is 10.2. The van der Waals surface area contributed by atoms with Crippen LogP contribution in [0, 0.1) is 28.1 Å². The third kappa shape index (κ3) is 1.70. The highest BCUT2D eigenvalue weighted by molar-refractivity contribution is 5.77. The van der Waals surface area contributed by atoms with E-state index in [0.29, 0.717) is 18.4 Å². The quantitative estimate of drug-likeness (QED) is 0.738. The van der Waals surface area contributed by atoms with Crippen molar-refractivity contribution in [3.05, 3.63) is 0 Å². The van der Waals surface area contributed by atoms with Crippen molar-refractivity contribution < 1.29 is 19.4 Å². The molecule has 140 valence electrons. The third-order valence-corrected chi connectivity index (χ3v) is 9.65. The van der Waals surface area contributed by atoms with Gasteiger partial charge in [-0.1, -0.05) is 13.3 Å². The maximum Gasteiger partial charge on any atom is 0.311 e. The van der Waals surface area contributed by atoms with Crippen molar-refractivity contribution in [1.29, 1.82) is 0 Å². The maximum absolute atomic E-state index is 12.7. The SMILES string of the molecule is COC(=O)[C@]1(C)CCC[C@@]2(C)[C@@H]3CC[C@]45C[C@@]3(CC[C@@H]21)C[C@@]4(O)CO5. The van der Waals surface area contributed by atoms with Crippen LogP contribution in [0.2, 0.25) is 0 Å². The van der Waals surface area contributed by atoms with Gasteiger partial charge in [0.15, 0.2) is 0 Å². The first-order chi connectivity index (χ1) is 11.7. The molecule has 7 atom stereocenters. The van der Waals surface area contributed by atoms with E-state index in [0.717, 1.165) is 51.4 Å². The Morgan fingerprint density at radius 2 is 1.84 bits per heavy atom. The zero-order valence-corrected chi connectivity index (χ0v) is 15.9. The van der Waals surface area contributed by atoms with Crippen LogP contribution in [-0.4, -0.2) is 36.0 Å². The number of carbonyl (C=O) groups is 1. The Kier molecular flexibility index (Phi) is 3.06. The van der Waals surface area contributed by atoms with E-state index in [-0.39, 0.29) is 27.8 Å². The monoisotopic (exact) mass is 348 g/mol. The van der Waals surface area contributed by atoms with Gasteiger partial charge in [-0.3, -0.25) is 4.79 Å². The Hall–Kier alpha value is -0.610. The fraction of sp³-hybridized carbons (Fsp3) is 0.952. The molecule has 2 bridgehead atoms. The molecule has 0 unspecified atom stereocenters. The van der Waals surface area contributed by atoms with Gasteiger partial charge in [-0.2, -0.15) is 0 Å². The normalized spacial score (nSPS) is 59.2. The van der Waals surface area contributed by atoms with Crippen LogP contribution < -0.4 is 0 Å². The van der Waals surface area contributed by atoms with Gasteiger partial charge in [0.1, 0.15) is 5.60 Å². The van der Waals surface area contributed by atoms with E-state index in [4.69, 9.17) is 9.47 Å². The van der Waals surface area contributed by atoms with E-state index in [1.165, 1.54) is 13.5 Å². The van der Waals surface area contributed by atoms with Gasteiger partial charge in [0.05, 0.1) is 24.7 Å². The molecule has 0 aromatic heterocycles. The number of fused-ring (bicyclic) bond motifs is 2. The van der Waals surface area contributed by atoms with Crippen molar-refractivity contribution in [2.24, 2.45) is 28.1 Å². The summed E-state index contributed by atoms with van der Waals surface area (Å²) in [5, 5.41) is 11.2. The second-order valence-electron chi connectivity index (χ2n) is 10.5. The Bertz CT molecular complexity index is 629. The number of ether oxygens (including phenoxy) is 2. The number of methoxy groups -OCH3 is 1. The van der Waals surface area contributed by atoms with Crippen LogP contribution in [0.15, 0.2) is 0 Å². The van der Waals surface area contributed by atoms with Gasteiger partial charge in [0, 0.05) is 0 Å². The minimum atomic E-state index is -0.578. The third-order valence-electron chi connectivity index (χ3n) is 9.65. The second-order valence-corrected chi connectivity index (χ2v) is 10.5. The highest BCUT2D eigenvalue weighted by Gasteiger charge is 2.76. The Morgan fingerprint density at radius 3 is 2.52 bits per heavy atom. The summed E-state index contributed by atoms with van der Waals surface area (Å²) in [6, 6.07) is 0. The first-order valence-electron chi connectivity index (χ1n) is 10.2. The topological polar surface area (TPSA) is 55.8 Å². The van der Waals surface area contributed by atoms with Crippen LogP contribution in [0.25, 0.3) is 0 Å². The lowest BCUT2D eigenvalue weighted by Crippen LogP contribution is -2.66. The molecular weight excluding hydrogens is 316 g/mol. The van der Waals surface area contributed by atoms with Crippen LogP contribution in [0.5, 0.6) is 0 Å². The summed E-state index contributed by atoms with van der Waals surface area (Å²) in [7, 11) is 1.54. The average Bonchev–Trinajstić information content (AvgIpc) is 2.69. The minimum absolute atomic E-state index is 0.0138. The van der Waals surface area contributed by atoms with Gasteiger partial charge in [0.25, 0.3) is 0 Å². The standard InChI is InChI=1S/C21H32O4/c1-17-7-4-8-18(2,16(22)24-3)14(17)5-9-19-11-20(23)13-25-21(20,12-19)10-6-15(17)19/h14-15,23H,4-13H2,1-3H3/t14-,15-,17+,18+,19+,20+,21-/m0/s1. The van der Waals surface area contributed by atoms with Gasteiger partial charge in [0.2, 0.25) is 0 Å². The molecule has 0 aromatic carbocycles. The van der Waals surface area contributed by atoms with Crippen molar-refractivity contribution in [1.82, 2.24) is 0 Å². The Labute approximate surface area is 150 Å². The molecule has 5 rings (SSSR count). The van der Waals surface area contributed by atoms with Crippen molar-refractivity contribution >= 4 is 5.97 Å². The van der Waals surface area contributed by atoms with Gasteiger partial charge in [-0.15, -0.1) is 0 Å². The number of carbonyl (C=O) groups excluding carboxylic acids is 1. The average molecular weight is 348 g/mol. The molecule has 4 heteroatoms. The molecule has 0 amide bonds. The lowest BCUT2D eigenvalue weighted by molar-refractivity contribution is -0.294. The van der Waals surface area contributed by atoms with E-state index in [9.17, 15) is 9.90 Å². The van der Waals surface area contributed by atoms with Crippen LogP contribution in [0.1, 0.15) is 71.6 Å². The molecule has 0 aromatic rings. The highest BCUT2D eigenvalue weighted by Crippen LogP contribution is 2.76. The lowest BCUT2D eigenvalue weighted by atomic mass is 9.41. The van der Waals surface area contributed by atoms with Crippen molar-refractivity contribution in [3.8, 4) is 0 Å². The van der Waals surface area contributed by atoms with Crippen LogP contribution in [0.4, 0.5) is 0 Å². The van der Waals surface area contributed by atoms with Gasteiger partial charge < -0.3 is 14.6 Å². The van der Waals surface area contributed by atoms with Crippen molar-refractivity contribution in [3.63, 3.8) is 0 Å². The maximum atomic E-state index is 12.7. The van der Waals surface area contributed by atoms with E-state index >= 15 is 0 Å². The predicted molar refractivity (Wildman–Crippen MR) is 92.8 cm³/mol. The molecule has 5 fully saturated rings. The first kappa shape index (κ1) is 16.6. The number of esters is 1. The summed E-state index contributed by atoms with van der Waals surface area (Å²) in [6.07, 6.45) is 9.60. The van der Waals surface area contributed by atoms with E-state index in [2.05, 4.69) is 13.8 Å². The fourth-order valence-electron chi connectivity index (χ4n) is 8.68. The fourth-order valence-corrected chi connectivity index (χ4v) is 8.68. The molecule has 4 aliphatic carbocycles. The summed E-state index contributed by atoms with van der Waals surface area (Å²) in [6.45, 7) is 5.13. The predicted octanol–water partition coefficient (Wildman–Crippen LogP) is 3.46. The zero-order valence-electron chi connectivity index (χ0n) is 15.9. The number of aliphatic hydroxyl groups is 1. The molecule has 1 aliphatic heterocycles. The second kappa shape index (κ2) is 4.62. The van der Waals surface area contributed by atoms with Crippen LogP contribution in [-0.2, 0) is 14.3 Å². The van der Waals surface area contributed by atoms with E-state index in [1.807, 2.05) is 0 Å². The Balaban J connectivity index is 1.54. The smallest absolute Gasteiger partial charge is 0.311 e. The summed E-state index contributed by atoms with van der Waals surface area (Å²) in [5.41, 5.74) is -0.758. The summed E-state index contributed by atoms with van der Waals surface area (Å²) < 4.78 is 11.2. The minimum Gasteiger partial charge on any atom is -0.469 e. The van der Waals surface area contributed by atoms with E-state index in [1.54, 1.807) is 0 Å². The van der Waals surface area contributed by atoms with Gasteiger partial charge in [-0.25, -0.2) is 0 Å². The van der Waals surface area contributed by atoms with Crippen molar-refractivity contribution in [2.45, 2.75) is 82.8 Å². The lowest BCUT2D eigenvalue weighted by Gasteiger charge is -2.64. The molecule has 1 saturated heterocycles. The molecule has 4 saturated carbocycles. The largest absolute Gasteiger partial charge is 0.469 e. The molecule has 5 aliphatic rings. The molecule has 1 heterocycles. The zero-order chi connectivity index (χ0) is 17.7. The number of hydrogen-bond donors (Lipinski definition) is 1. The van der Waals surface area contributed by atoms with Gasteiger partial charge >= 0.3 is 5.97 Å².